The molecule has 2 aromatic heterocycles. The van der Waals surface area contributed by atoms with E-state index in [0.29, 0.717) is 27.3 Å². The monoisotopic (exact) mass is 302 g/mol. The summed E-state index contributed by atoms with van der Waals surface area (Å²) in [6.45, 7) is 0.0444. The number of hydrogen-bond donors (Lipinski definition) is 2. The number of benzene rings is 1. The van der Waals surface area contributed by atoms with E-state index in [2.05, 4.69) is 10.1 Å². The lowest BCUT2D eigenvalue weighted by atomic mass is 10.2. The largest absolute Gasteiger partial charge is 0.384 e. The molecule has 0 aliphatic carbocycles. The number of nitrogens with zero attached hydrogens (tertiary/aromatic N) is 2. The Balaban J connectivity index is 2.18. The first-order chi connectivity index (χ1) is 10.1. The molecule has 0 spiro atoms. The van der Waals surface area contributed by atoms with Crippen molar-refractivity contribution in [1.29, 1.82) is 0 Å². The van der Waals surface area contributed by atoms with Crippen molar-refractivity contribution in [3.8, 4) is 0 Å². The molecule has 21 heavy (non-hydrogen) atoms. The van der Waals surface area contributed by atoms with E-state index in [1.54, 1.807) is 36.4 Å². The molecular formula is C14H11ClN4O2. The van der Waals surface area contributed by atoms with Crippen LogP contribution in [0.3, 0.4) is 0 Å². The second kappa shape index (κ2) is 5.06. The van der Waals surface area contributed by atoms with Crippen molar-refractivity contribution in [2.75, 3.05) is 5.73 Å². The van der Waals surface area contributed by atoms with Gasteiger partial charge in [-0.3, -0.25) is 14.7 Å². The van der Waals surface area contributed by atoms with E-state index in [0.717, 1.165) is 0 Å². The van der Waals surface area contributed by atoms with Crippen molar-refractivity contribution in [1.82, 2.24) is 14.8 Å². The summed E-state index contributed by atoms with van der Waals surface area (Å²) >= 11 is 6.03. The van der Waals surface area contributed by atoms with Gasteiger partial charge in [0, 0.05) is 0 Å². The van der Waals surface area contributed by atoms with Gasteiger partial charge in [-0.15, -0.1) is 0 Å². The molecule has 0 aliphatic rings. The highest BCUT2D eigenvalue weighted by atomic mass is 35.5. The zero-order chi connectivity index (χ0) is 15.0. The molecular weight excluding hydrogens is 292 g/mol. The van der Waals surface area contributed by atoms with Gasteiger partial charge in [0.05, 0.1) is 28.0 Å². The van der Waals surface area contributed by atoms with E-state index in [9.17, 15) is 9.59 Å². The van der Waals surface area contributed by atoms with Crippen molar-refractivity contribution in [3.63, 3.8) is 0 Å². The minimum atomic E-state index is -0.342. The molecule has 7 heteroatoms. The van der Waals surface area contributed by atoms with Crippen LogP contribution in [0, 0.1) is 0 Å². The SMILES string of the molecule is Nc1ccc(Cl)c(Cn2[nH]c(=O)c3ccccc3c2=O)n1. The molecule has 0 aliphatic heterocycles. The molecule has 0 fully saturated rings. The summed E-state index contributed by atoms with van der Waals surface area (Å²) in [5.74, 6) is 0.297. The van der Waals surface area contributed by atoms with Crippen LogP contribution in [-0.4, -0.2) is 14.8 Å². The predicted octanol–water partition coefficient (Wildman–Crippen LogP) is 1.37. The molecule has 106 valence electrons. The highest BCUT2D eigenvalue weighted by molar-refractivity contribution is 6.31. The van der Waals surface area contributed by atoms with Crippen LogP contribution in [0.25, 0.3) is 10.8 Å². The van der Waals surface area contributed by atoms with Gasteiger partial charge in [0.1, 0.15) is 5.82 Å². The molecule has 6 nitrogen and oxygen atoms in total. The molecule has 0 unspecified atom stereocenters. The topological polar surface area (TPSA) is 93.8 Å². The summed E-state index contributed by atoms with van der Waals surface area (Å²) in [6.07, 6.45) is 0. The number of rotatable bonds is 2. The van der Waals surface area contributed by atoms with Gasteiger partial charge >= 0.3 is 0 Å². The number of nitrogens with two attached hydrogens (primary N) is 1. The number of aromatic amines is 1. The van der Waals surface area contributed by atoms with Crippen molar-refractivity contribution < 1.29 is 0 Å². The zero-order valence-electron chi connectivity index (χ0n) is 10.8. The average molecular weight is 303 g/mol. The maximum Gasteiger partial charge on any atom is 0.273 e. The van der Waals surface area contributed by atoms with Gasteiger partial charge < -0.3 is 5.73 Å². The maximum atomic E-state index is 12.4. The Labute approximate surface area is 123 Å². The second-order valence-corrected chi connectivity index (χ2v) is 4.95. The van der Waals surface area contributed by atoms with Gasteiger partial charge in [0.2, 0.25) is 0 Å². The molecule has 3 aromatic rings. The second-order valence-electron chi connectivity index (χ2n) is 4.54. The Hall–Kier alpha value is -2.60. The van der Waals surface area contributed by atoms with E-state index < -0.39 is 0 Å². The normalized spacial score (nSPS) is 10.9. The fourth-order valence-electron chi connectivity index (χ4n) is 2.12. The third-order valence-electron chi connectivity index (χ3n) is 3.13. The van der Waals surface area contributed by atoms with Crippen LogP contribution in [0.1, 0.15) is 5.69 Å². The molecule has 1 aromatic carbocycles. The molecule has 0 atom stereocenters. The molecule has 0 bridgehead atoms. The van der Waals surface area contributed by atoms with Crippen LogP contribution >= 0.6 is 11.6 Å². The van der Waals surface area contributed by atoms with Crippen molar-refractivity contribution in [3.05, 3.63) is 67.8 Å². The number of hydrogen-bond acceptors (Lipinski definition) is 4. The predicted molar refractivity (Wildman–Crippen MR) is 81.6 cm³/mol. The summed E-state index contributed by atoms with van der Waals surface area (Å²) in [5, 5.41) is 3.60. The minimum absolute atomic E-state index is 0.0444. The number of fused-ring (bicyclic) bond motifs is 1. The fraction of sp³-hybridized carbons (Fsp3) is 0.0714. The Morgan fingerprint density at radius 2 is 1.86 bits per heavy atom. The fourth-order valence-corrected chi connectivity index (χ4v) is 2.28. The van der Waals surface area contributed by atoms with Gasteiger partial charge in [-0.05, 0) is 24.3 Å². The van der Waals surface area contributed by atoms with E-state index in [4.69, 9.17) is 17.3 Å². The third kappa shape index (κ3) is 2.41. The molecule has 2 heterocycles. The minimum Gasteiger partial charge on any atom is -0.384 e. The van der Waals surface area contributed by atoms with E-state index >= 15 is 0 Å². The highest BCUT2D eigenvalue weighted by Gasteiger charge is 2.09. The number of halogens is 1. The van der Waals surface area contributed by atoms with Crippen LogP contribution in [0.2, 0.25) is 5.02 Å². The van der Waals surface area contributed by atoms with Gasteiger partial charge in [-0.25, -0.2) is 9.67 Å². The van der Waals surface area contributed by atoms with Gasteiger partial charge in [0.15, 0.2) is 0 Å². The maximum absolute atomic E-state index is 12.4. The summed E-state index contributed by atoms with van der Waals surface area (Å²) in [4.78, 5) is 28.5. The Bertz CT molecular complexity index is 946. The Kier molecular flexibility index (Phi) is 3.23. The lowest BCUT2D eigenvalue weighted by molar-refractivity contribution is 0.627. The van der Waals surface area contributed by atoms with E-state index in [-0.39, 0.29) is 17.7 Å². The van der Waals surface area contributed by atoms with Crippen molar-refractivity contribution in [2.24, 2.45) is 0 Å². The summed E-state index contributed by atoms with van der Waals surface area (Å²) in [7, 11) is 0. The third-order valence-corrected chi connectivity index (χ3v) is 3.48. The molecule has 0 amide bonds. The first-order valence-corrected chi connectivity index (χ1v) is 6.57. The van der Waals surface area contributed by atoms with Crippen LogP contribution in [-0.2, 0) is 6.54 Å². The lowest BCUT2D eigenvalue weighted by Gasteiger charge is -2.08. The van der Waals surface area contributed by atoms with Crippen molar-refractivity contribution >= 4 is 28.2 Å². The number of anilines is 1. The van der Waals surface area contributed by atoms with E-state index in [1.165, 1.54) is 4.68 Å². The summed E-state index contributed by atoms with van der Waals surface area (Å²) in [5.41, 5.74) is 5.37. The number of H-pyrrole nitrogens is 1. The van der Waals surface area contributed by atoms with Crippen LogP contribution in [0.15, 0.2) is 46.0 Å². The number of pyridine rings is 1. The number of nitrogens with one attached hydrogen (secondary N) is 1. The van der Waals surface area contributed by atoms with Crippen molar-refractivity contribution in [2.45, 2.75) is 6.54 Å². The lowest BCUT2D eigenvalue weighted by Crippen LogP contribution is -2.30. The van der Waals surface area contributed by atoms with E-state index in [1.807, 2.05) is 0 Å². The van der Waals surface area contributed by atoms with Crippen LogP contribution in [0.5, 0.6) is 0 Å². The number of aromatic nitrogens is 3. The summed E-state index contributed by atoms with van der Waals surface area (Å²) < 4.78 is 1.18. The van der Waals surface area contributed by atoms with Crippen LogP contribution in [0.4, 0.5) is 5.82 Å². The molecule has 3 rings (SSSR count). The number of nitrogen functional groups attached to an aromatic ring is 1. The molecule has 0 radical (unpaired) electrons. The highest BCUT2D eigenvalue weighted by Crippen LogP contribution is 2.15. The Morgan fingerprint density at radius 3 is 2.62 bits per heavy atom. The van der Waals surface area contributed by atoms with Crippen LogP contribution < -0.4 is 16.9 Å². The first-order valence-electron chi connectivity index (χ1n) is 6.19. The smallest absolute Gasteiger partial charge is 0.273 e. The standard InChI is InChI=1S/C14H11ClN4O2/c15-10-5-6-12(16)17-11(10)7-19-14(21)9-4-2-1-3-8(9)13(20)18-19/h1-6H,7H2,(H2,16,17)(H,18,20). The van der Waals surface area contributed by atoms with Gasteiger partial charge in [0.25, 0.3) is 11.1 Å². The van der Waals surface area contributed by atoms with Gasteiger partial charge in [-0.2, -0.15) is 0 Å². The summed E-state index contributed by atoms with van der Waals surface area (Å²) in [6, 6.07) is 9.79. The first kappa shape index (κ1) is 13.4. The molecule has 0 saturated carbocycles. The zero-order valence-corrected chi connectivity index (χ0v) is 11.6. The Morgan fingerprint density at radius 1 is 1.14 bits per heavy atom. The quantitative estimate of drug-likeness (QED) is 0.747. The molecule has 3 N–H and O–H groups in total. The average Bonchev–Trinajstić information content (AvgIpc) is 2.48. The van der Waals surface area contributed by atoms with Gasteiger partial charge in [-0.1, -0.05) is 23.7 Å². The molecule has 0 saturated heterocycles.